The predicted molar refractivity (Wildman–Crippen MR) is 128 cm³/mol. The molecule has 2 heterocycles. The number of benzene rings is 1. The molecule has 0 fully saturated rings. The first kappa shape index (κ1) is 24.9. The summed E-state index contributed by atoms with van der Waals surface area (Å²) in [5.41, 5.74) is 5.58. The number of hydrogen-bond acceptors (Lipinski definition) is 7. The number of aromatic nitrogens is 3. The van der Waals surface area contributed by atoms with E-state index in [4.69, 9.17) is 19.4 Å². The van der Waals surface area contributed by atoms with Crippen molar-refractivity contribution in [3.63, 3.8) is 0 Å². The molecule has 0 amide bonds. The van der Waals surface area contributed by atoms with Gasteiger partial charge >= 0.3 is 0 Å². The van der Waals surface area contributed by atoms with Gasteiger partial charge in [-0.05, 0) is 73.9 Å². The Hall–Kier alpha value is -2.77. The van der Waals surface area contributed by atoms with Crippen LogP contribution < -0.4 is 4.74 Å². The van der Waals surface area contributed by atoms with Crippen LogP contribution in [0.5, 0.6) is 5.75 Å². The predicted octanol–water partition coefficient (Wildman–Crippen LogP) is 4.54. The second-order valence-electron chi connectivity index (χ2n) is 9.54. The molecule has 0 saturated heterocycles. The molecule has 2 aromatic heterocycles. The summed E-state index contributed by atoms with van der Waals surface area (Å²) < 4.78 is 11.3. The number of aryl methyl sites for hydroxylation is 2. The van der Waals surface area contributed by atoms with Crippen LogP contribution in [0.25, 0.3) is 22.8 Å². The zero-order valence-electron chi connectivity index (χ0n) is 20.4. The molecule has 0 aliphatic rings. The summed E-state index contributed by atoms with van der Waals surface area (Å²) in [7, 11) is 0. The molecule has 178 valence electrons. The van der Waals surface area contributed by atoms with Gasteiger partial charge in [0.25, 0.3) is 5.89 Å². The molecule has 33 heavy (non-hydrogen) atoms. The van der Waals surface area contributed by atoms with Crippen LogP contribution >= 0.6 is 0 Å². The largest absolute Gasteiger partial charge is 0.490 e. The Labute approximate surface area is 195 Å². The molecular formula is C26H35N3O4. The monoisotopic (exact) mass is 453 g/mol. The molecule has 7 heteroatoms. The van der Waals surface area contributed by atoms with Crippen molar-refractivity contribution in [2.75, 3.05) is 13.2 Å². The number of rotatable bonds is 10. The fourth-order valence-electron chi connectivity index (χ4n) is 3.82. The zero-order valence-corrected chi connectivity index (χ0v) is 20.4. The Morgan fingerprint density at radius 1 is 0.879 bits per heavy atom. The Bertz CT molecular complexity index is 1020. The summed E-state index contributed by atoms with van der Waals surface area (Å²) in [6.45, 7) is 12.3. The highest BCUT2D eigenvalue weighted by molar-refractivity contribution is 5.64. The van der Waals surface area contributed by atoms with Gasteiger partial charge < -0.3 is 19.5 Å². The van der Waals surface area contributed by atoms with Crippen LogP contribution in [0.15, 0.2) is 28.8 Å². The van der Waals surface area contributed by atoms with Gasteiger partial charge in [-0.15, -0.1) is 0 Å². The minimum absolute atomic E-state index is 0.0311. The van der Waals surface area contributed by atoms with Crippen molar-refractivity contribution in [2.24, 2.45) is 11.8 Å². The second kappa shape index (κ2) is 10.9. The van der Waals surface area contributed by atoms with Crippen molar-refractivity contribution < 1.29 is 19.5 Å². The van der Waals surface area contributed by atoms with Crippen molar-refractivity contribution in [2.45, 2.75) is 60.5 Å². The Kier molecular flexibility index (Phi) is 8.21. The quantitative estimate of drug-likeness (QED) is 0.464. The smallest absolute Gasteiger partial charge is 0.258 e. The molecule has 3 rings (SSSR count). The lowest BCUT2D eigenvalue weighted by Gasteiger charge is -2.15. The van der Waals surface area contributed by atoms with Gasteiger partial charge in [-0.3, -0.25) is 4.98 Å². The lowest BCUT2D eigenvalue weighted by molar-refractivity contribution is 0.0532. The average molecular weight is 454 g/mol. The maximum atomic E-state index is 9.57. The van der Waals surface area contributed by atoms with Gasteiger partial charge in [-0.25, -0.2) is 0 Å². The maximum Gasteiger partial charge on any atom is 0.258 e. The summed E-state index contributed by atoms with van der Waals surface area (Å²) >= 11 is 0. The number of ether oxygens (including phenoxy) is 1. The lowest BCUT2D eigenvalue weighted by atomic mass is 10.0. The standard InChI is InChI=1S/C26H35N3O4/c1-15(2)7-21-11-20(12-22(27-21)8-16(3)4)26-28-25(29-33-26)19-9-17(5)24(18(6)10-19)32-14-23(31)13-30/h9-12,15-16,23,30-31H,7-8,13-14H2,1-6H3/t23-/m1/s1. The van der Waals surface area contributed by atoms with Gasteiger partial charge in [0, 0.05) is 22.5 Å². The number of aliphatic hydroxyl groups is 2. The van der Waals surface area contributed by atoms with Crippen LogP contribution in [0, 0.1) is 25.7 Å². The summed E-state index contributed by atoms with van der Waals surface area (Å²) in [6.07, 6.45) is 0.875. The van der Waals surface area contributed by atoms with E-state index >= 15 is 0 Å². The third kappa shape index (κ3) is 6.62. The van der Waals surface area contributed by atoms with Gasteiger partial charge in [-0.2, -0.15) is 4.98 Å². The van der Waals surface area contributed by atoms with Crippen LogP contribution in [0.4, 0.5) is 0 Å². The van der Waals surface area contributed by atoms with E-state index in [9.17, 15) is 5.11 Å². The molecule has 3 aromatic rings. The Morgan fingerprint density at radius 2 is 1.45 bits per heavy atom. The van der Waals surface area contributed by atoms with Gasteiger partial charge in [0.2, 0.25) is 5.82 Å². The van der Waals surface area contributed by atoms with Crippen molar-refractivity contribution in [1.29, 1.82) is 0 Å². The summed E-state index contributed by atoms with van der Waals surface area (Å²) in [5, 5.41) is 22.8. The Balaban J connectivity index is 1.90. The van der Waals surface area contributed by atoms with Crippen LogP contribution in [0.2, 0.25) is 0 Å². The van der Waals surface area contributed by atoms with Crippen molar-refractivity contribution >= 4 is 0 Å². The number of nitrogens with zero attached hydrogens (tertiary/aromatic N) is 3. The van der Waals surface area contributed by atoms with E-state index in [2.05, 4.69) is 37.8 Å². The van der Waals surface area contributed by atoms with Crippen LogP contribution in [0.3, 0.4) is 0 Å². The molecular weight excluding hydrogens is 418 g/mol. The average Bonchev–Trinajstić information content (AvgIpc) is 3.22. The van der Waals surface area contributed by atoms with Crippen molar-refractivity contribution in [3.8, 4) is 28.6 Å². The molecule has 7 nitrogen and oxygen atoms in total. The SMILES string of the molecule is Cc1cc(-c2noc(-c3cc(CC(C)C)nc(CC(C)C)c3)n2)cc(C)c1OC[C@H](O)CO. The van der Waals surface area contributed by atoms with Crippen LogP contribution in [-0.2, 0) is 12.8 Å². The fourth-order valence-corrected chi connectivity index (χ4v) is 3.82. The molecule has 2 N–H and O–H groups in total. The van der Waals surface area contributed by atoms with E-state index in [1.807, 2.05) is 38.1 Å². The summed E-state index contributed by atoms with van der Waals surface area (Å²) in [4.78, 5) is 9.51. The van der Waals surface area contributed by atoms with Gasteiger partial charge in [0.05, 0.1) is 6.61 Å². The maximum absolute atomic E-state index is 9.57. The first-order valence-electron chi connectivity index (χ1n) is 11.5. The Morgan fingerprint density at radius 3 is 1.97 bits per heavy atom. The molecule has 0 bridgehead atoms. The molecule has 0 unspecified atom stereocenters. The number of pyridine rings is 1. The van der Waals surface area contributed by atoms with Crippen LogP contribution in [-0.4, -0.2) is 44.7 Å². The summed E-state index contributed by atoms with van der Waals surface area (Å²) in [5.74, 6) is 2.67. The van der Waals surface area contributed by atoms with Gasteiger partial charge in [0.15, 0.2) is 0 Å². The van der Waals surface area contributed by atoms with Crippen molar-refractivity contribution in [1.82, 2.24) is 15.1 Å². The number of hydrogen-bond donors (Lipinski definition) is 2. The molecule has 0 aliphatic carbocycles. The number of aliphatic hydroxyl groups excluding tert-OH is 2. The van der Waals surface area contributed by atoms with E-state index < -0.39 is 6.10 Å². The van der Waals surface area contributed by atoms with E-state index in [0.717, 1.165) is 46.5 Å². The third-order valence-corrected chi connectivity index (χ3v) is 5.19. The normalized spacial score (nSPS) is 12.5. The topological polar surface area (TPSA) is 102 Å². The van der Waals surface area contributed by atoms with E-state index in [1.54, 1.807) is 0 Å². The van der Waals surface area contributed by atoms with Crippen LogP contribution in [0.1, 0.15) is 50.2 Å². The first-order valence-corrected chi connectivity index (χ1v) is 11.5. The minimum Gasteiger partial charge on any atom is -0.490 e. The fraction of sp³-hybridized carbons (Fsp3) is 0.500. The summed E-state index contributed by atoms with van der Waals surface area (Å²) in [6, 6.07) is 7.95. The van der Waals surface area contributed by atoms with E-state index in [-0.39, 0.29) is 13.2 Å². The highest BCUT2D eigenvalue weighted by Gasteiger charge is 2.17. The zero-order chi connectivity index (χ0) is 24.1. The highest BCUT2D eigenvalue weighted by Crippen LogP contribution is 2.31. The van der Waals surface area contributed by atoms with E-state index in [0.29, 0.717) is 29.3 Å². The lowest BCUT2D eigenvalue weighted by Crippen LogP contribution is -2.21. The molecule has 1 atom stereocenters. The molecule has 0 radical (unpaired) electrons. The second-order valence-corrected chi connectivity index (χ2v) is 9.54. The first-order chi connectivity index (χ1) is 15.7. The molecule has 0 spiro atoms. The molecule has 0 aliphatic heterocycles. The third-order valence-electron chi connectivity index (χ3n) is 5.19. The van der Waals surface area contributed by atoms with Gasteiger partial charge in [0.1, 0.15) is 18.5 Å². The van der Waals surface area contributed by atoms with E-state index in [1.165, 1.54) is 0 Å². The minimum atomic E-state index is -0.912. The van der Waals surface area contributed by atoms with Crippen molar-refractivity contribution in [3.05, 3.63) is 46.8 Å². The molecule has 0 saturated carbocycles. The molecule has 1 aromatic carbocycles. The highest BCUT2D eigenvalue weighted by atomic mass is 16.5. The van der Waals surface area contributed by atoms with Gasteiger partial charge in [-0.1, -0.05) is 32.9 Å².